The van der Waals surface area contributed by atoms with Gasteiger partial charge in [0.05, 0.1) is 24.8 Å². The van der Waals surface area contributed by atoms with Crippen molar-refractivity contribution < 1.29 is 9.15 Å². The number of aromatic nitrogens is 2. The minimum Gasteiger partial charge on any atom is -0.419 e. The summed E-state index contributed by atoms with van der Waals surface area (Å²) in [6.07, 6.45) is 1.51. The van der Waals surface area contributed by atoms with Crippen molar-refractivity contribution in [3.8, 4) is 11.5 Å². The van der Waals surface area contributed by atoms with Crippen molar-refractivity contribution in [2.45, 2.75) is 19.6 Å². The second-order valence-electron chi connectivity index (χ2n) is 5.73. The third-order valence-corrected chi connectivity index (χ3v) is 4.40. The van der Waals surface area contributed by atoms with Gasteiger partial charge in [0, 0.05) is 42.1 Å². The zero-order chi connectivity index (χ0) is 17.1. The minimum atomic E-state index is 0.217. The highest BCUT2D eigenvalue weighted by molar-refractivity contribution is 9.10. The van der Waals surface area contributed by atoms with Crippen molar-refractivity contribution in [2.75, 3.05) is 32.1 Å². The summed E-state index contributed by atoms with van der Waals surface area (Å²) in [7, 11) is 1.82. The van der Waals surface area contributed by atoms with Crippen LogP contribution in [0.25, 0.3) is 11.5 Å². The Balaban J connectivity index is 1.85. The Morgan fingerprint density at radius 2 is 2.29 bits per heavy atom. The molecule has 2 N–H and O–H groups in total. The van der Waals surface area contributed by atoms with Gasteiger partial charge in [-0.2, -0.15) is 0 Å². The number of benzene rings is 1. The number of nitrogens with one attached hydrogen (secondary N) is 2. The molecule has 8 heteroatoms. The number of hydrogen-bond acceptors (Lipinski definition) is 7. The first-order chi connectivity index (χ1) is 11.6. The fourth-order valence-corrected chi connectivity index (χ4v) is 3.27. The molecule has 2 aromatic rings. The molecule has 1 saturated heterocycles. The Morgan fingerprint density at radius 3 is 3.00 bits per heavy atom. The number of anilines is 1. The van der Waals surface area contributed by atoms with E-state index in [9.17, 15) is 0 Å². The Morgan fingerprint density at radius 1 is 1.46 bits per heavy atom. The van der Waals surface area contributed by atoms with Gasteiger partial charge in [0.25, 0.3) is 0 Å². The third kappa shape index (κ3) is 3.66. The quantitative estimate of drug-likeness (QED) is 0.759. The van der Waals surface area contributed by atoms with Gasteiger partial charge in [-0.3, -0.25) is 4.90 Å². The Bertz CT molecular complexity index is 733. The first kappa shape index (κ1) is 17.1. The van der Waals surface area contributed by atoms with Gasteiger partial charge in [-0.05, 0) is 19.1 Å². The molecule has 1 aliphatic rings. The molecule has 1 aliphatic heterocycles. The third-order valence-electron chi connectivity index (χ3n) is 3.94. The number of ether oxygens (including phenoxy) is 1. The first-order valence-corrected chi connectivity index (χ1v) is 8.58. The zero-order valence-corrected chi connectivity index (χ0v) is 15.3. The highest BCUT2D eigenvalue weighted by Crippen LogP contribution is 2.31. The molecular weight excluding hydrogens is 374 g/mol. The summed E-state index contributed by atoms with van der Waals surface area (Å²) in [4.78, 5) is 2.24. The lowest BCUT2D eigenvalue weighted by Crippen LogP contribution is -2.40. The number of morpholine rings is 1. The molecule has 24 heavy (non-hydrogen) atoms. The maximum absolute atomic E-state index is 7.69. The van der Waals surface area contributed by atoms with Crippen molar-refractivity contribution in [1.82, 2.24) is 15.1 Å². The van der Waals surface area contributed by atoms with Gasteiger partial charge < -0.3 is 19.9 Å². The van der Waals surface area contributed by atoms with Crippen LogP contribution in [0, 0.1) is 5.41 Å². The first-order valence-electron chi connectivity index (χ1n) is 7.79. The van der Waals surface area contributed by atoms with Crippen LogP contribution in [0.5, 0.6) is 0 Å². The molecule has 0 unspecified atom stereocenters. The molecule has 1 aromatic carbocycles. The lowest BCUT2D eigenvalue weighted by atomic mass is 10.1. The second kappa shape index (κ2) is 7.42. The maximum atomic E-state index is 7.69. The molecule has 0 bridgehead atoms. The molecule has 1 atom stereocenters. The van der Waals surface area contributed by atoms with Crippen molar-refractivity contribution in [1.29, 1.82) is 5.41 Å². The van der Waals surface area contributed by atoms with Crippen LogP contribution in [0.15, 0.2) is 21.0 Å². The van der Waals surface area contributed by atoms with Crippen LogP contribution in [0.1, 0.15) is 18.4 Å². The molecule has 0 spiro atoms. The molecule has 3 rings (SSSR count). The second-order valence-corrected chi connectivity index (χ2v) is 6.64. The number of halogens is 1. The van der Waals surface area contributed by atoms with E-state index in [1.807, 2.05) is 19.2 Å². The highest BCUT2D eigenvalue weighted by Gasteiger charge is 2.20. The van der Waals surface area contributed by atoms with Crippen LogP contribution in [0.3, 0.4) is 0 Å². The molecule has 7 nitrogen and oxygen atoms in total. The Hall–Kier alpha value is -1.77. The molecular formula is C16H20BrN5O2. The molecule has 1 aromatic heterocycles. The van der Waals surface area contributed by atoms with Crippen molar-refractivity contribution in [3.63, 3.8) is 0 Å². The average Bonchev–Trinajstić information content (AvgIpc) is 3.02. The fourth-order valence-electron chi connectivity index (χ4n) is 2.81. The number of rotatable bonds is 5. The summed E-state index contributed by atoms with van der Waals surface area (Å²) in [6.45, 7) is 5.09. The minimum absolute atomic E-state index is 0.217. The van der Waals surface area contributed by atoms with E-state index < -0.39 is 0 Å². The highest BCUT2D eigenvalue weighted by atomic mass is 79.9. The van der Waals surface area contributed by atoms with Gasteiger partial charge in [0.1, 0.15) is 0 Å². The fraction of sp³-hybridized carbons (Fsp3) is 0.438. The molecule has 0 aliphatic carbocycles. The van der Waals surface area contributed by atoms with Crippen molar-refractivity contribution in [3.05, 3.63) is 28.1 Å². The summed E-state index contributed by atoms with van der Waals surface area (Å²) in [5.74, 6) is 0.989. The summed E-state index contributed by atoms with van der Waals surface area (Å²) in [5.41, 5.74) is 2.28. The largest absolute Gasteiger partial charge is 0.419 e. The number of nitrogens with zero attached hydrogens (tertiary/aromatic N) is 3. The van der Waals surface area contributed by atoms with Crippen LogP contribution in [-0.4, -0.2) is 54.2 Å². The van der Waals surface area contributed by atoms with E-state index in [0.717, 1.165) is 41.0 Å². The molecule has 128 valence electrons. The van der Waals surface area contributed by atoms with Crippen LogP contribution in [0.2, 0.25) is 0 Å². The lowest BCUT2D eigenvalue weighted by Gasteiger charge is -2.29. The van der Waals surface area contributed by atoms with E-state index >= 15 is 0 Å². The summed E-state index contributed by atoms with van der Waals surface area (Å²) < 4.78 is 12.3. The molecule has 0 saturated carbocycles. The normalized spacial score (nSPS) is 18.5. The van der Waals surface area contributed by atoms with Crippen molar-refractivity contribution in [2.24, 2.45) is 0 Å². The molecule has 1 fully saturated rings. The Kier molecular flexibility index (Phi) is 5.27. The summed E-state index contributed by atoms with van der Waals surface area (Å²) in [6, 6.07) is 3.80. The zero-order valence-electron chi connectivity index (χ0n) is 13.7. The van der Waals surface area contributed by atoms with Gasteiger partial charge in [-0.15, -0.1) is 10.2 Å². The van der Waals surface area contributed by atoms with Gasteiger partial charge in [-0.25, -0.2) is 0 Å². The standard InChI is InChI=1S/C16H20BrN5O2/c1-10-8-22(3-4-23-10)9-15-20-21-16(24-15)12-5-11(17)6-14(19-2)13(12)7-18/h5-7,10,18-19H,3-4,8-9H2,1-2H3/t10-/m0/s1. The van der Waals surface area contributed by atoms with Gasteiger partial charge in [0.15, 0.2) is 0 Å². The van der Waals surface area contributed by atoms with Gasteiger partial charge in [0.2, 0.25) is 11.8 Å². The monoisotopic (exact) mass is 393 g/mol. The maximum Gasteiger partial charge on any atom is 0.248 e. The van der Waals surface area contributed by atoms with Crippen LogP contribution < -0.4 is 5.32 Å². The van der Waals surface area contributed by atoms with E-state index in [1.54, 1.807) is 0 Å². The summed E-state index contributed by atoms with van der Waals surface area (Å²) >= 11 is 3.48. The van der Waals surface area contributed by atoms with Crippen LogP contribution >= 0.6 is 15.9 Å². The van der Waals surface area contributed by atoms with E-state index in [2.05, 4.69) is 43.3 Å². The van der Waals surface area contributed by atoms with Gasteiger partial charge >= 0.3 is 0 Å². The average molecular weight is 394 g/mol. The molecule has 2 heterocycles. The van der Waals surface area contributed by atoms with E-state index in [4.69, 9.17) is 14.6 Å². The number of hydrogen-bond donors (Lipinski definition) is 2. The SMILES string of the molecule is CNc1cc(Br)cc(-c2nnc(CN3CCO[C@@H](C)C3)o2)c1C=N. The predicted octanol–water partition coefficient (Wildman–Crippen LogP) is 2.76. The summed E-state index contributed by atoms with van der Waals surface area (Å²) in [5, 5.41) is 19.1. The van der Waals surface area contributed by atoms with Crippen LogP contribution in [-0.2, 0) is 11.3 Å². The smallest absolute Gasteiger partial charge is 0.248 e. The Labute approximate surface area is 149 Å². The van der Waals surface area contributed by atoms with E-state index in [-0.39, 0.29) is 6.10 Å². The van der Waals surface area contributed by atoms with Gasteiger partial charge in [-0.1, -0.05) is 15.9 Å². The molecule has 0 radical (unpaired) electrons. The topological polar surface area (TPSA) is 87.3 Å². The van der Waals surface area contributed by atoms with Crippen molar-refractivity contribution >= 4 is 27.8 Å². The predicted molar refractivity (Wildman–Crippen MR) is 95.6 cm³/mol. The van der Waals surface area contributed by atoms with E-state index in [1.165, 1.54) is 6.21 Å². The lowest BCUT2D eigenvalue weighted by molar-refractivity contribution is -0.0235. The van der Waals surface area contributed by atoms with E-state index in [0.29, 0.717) is 18.3 Å². The van der Waals surface area contributed by atoms with Crippen LogP contribution in [0.4, 0.5) is 5.69 Å². The molecule has 0 amide bonds.